The first-order chi connectivity index (χ1) is 11.7. The largest absolute Gasteiger partial charge is 0.437 e. The van der Waals surface area contributed by atoms with Gasteiger partial charge >= 0.3 is 6.03 Å². The third kappa shape index (κ3) is 4.23. The Morgan fingerprint density at radius 1 is 1.25 bits per heavy atom. The van der Waals surface area contributed by atoms with Gasteiger partial charge in [-0.2, -0.15) is 0 Å². The first-order valence-electron chi connectivity index (χ1n) is 7.03. The van der Waals surface area contributed by atoms with Crippen molar-refractivity contribution in [3.8, 4) is 11.6 Å². The van der Waals surface area contributed by atoms with Gasteiger partial charge < -0.3 is 19.9 Å². The Hall–Kier alpha value is -3.06. The number of carbonyl (C=O) groups excluding carboxylic acids is 1. The lowest BCUT2D eigenvalue weighted by Crippen LogP contribution is -2.28. The van der Waals surface area contributed by atoms with E-state index in [9.17, 15) is 4.79 Å². The standard InChI is InChI=1S/C16H13ClN4O3/c17-13-3-1-2-4-14(13)24-15-9-11(5-7-18-15)20-16(22)19-10-12-6-8-23-21-12/h1-9H,10H2,(H2,18,19,20,22). The van der Waals surface area contributed by atoms with E-state index in [0.29, 0.717) is 28.0 Å². The fraction of sp³-hybridized carbons (Fsp3) is 0.0625. The Balaban J connectivity index is 1.60. The van der Waals surface area contributed by atoms with Crippen molar-refractivity contribution in [2.24, 2.45) is 0 Å². The van der Waals surface area contributed by atoms with E-state index in [-0.39, 0.29) is 12.6 Å². The van der Waals surface area contributed by atoms with Crippen LogP contribution in [0.3, 0.4) is 0 Å². The molecule has 3 aromatic rings. The molecule has 2 aromatic heterocycles. The van der Waals surface area contributed by atoms with Gasteiger partial charge in [-0.05, 0) is 18.2 Å². The zero-order chi connectivity index (χ0) is 16.8. The van der Waals surface area contributed by atoms with Crippen LogP contribution in [-0.2, 0) is 6.54 Å². The van der Waals surface area contributed by atoms with E-state index in [1.54, 1.807) is 42.5 Å². The third-order valence-electron chi connectivity index (χ3n) is 2.97. The van der Waals surface area contributed by atoms with Crippen molar-refractivity contribution in [3.05, 3.63) is 65.6 Å². The van der Waals surface area contributed by atoms with Crippen LogP contribution in [0.4, 0.5) is 10.5 Å². The summed E-state index contributed by atoms with van der Waals surface area (Å²) in [5.74, 6) is 0.803. The normalized spacial score (nSPS) is 10.2. The summed E-state index contributed by atoms with van der Waals surface area (Å²) in [5.41, 5.74) is 1.16. The van der Waals surface area contributed by atoms with Gasteiger partial charge in [0.25, 0.3) is 0 Å². The highest BCUT2D eigenvalue weighted by Gasteiger charge is 2.07. The van der Waals surface area contributed by atoms with Crippen LogP contribution < -0.4 is 15.4 Å². The van der Waals surface area contributed by atoms with Gasteiger partial charge in [0.05, 0.1) is 11.6 Å². The molecule has 0 aliphatic heterocycles. The monoisotopic (exact) mass is 344 g/mol. The highest BCUT2D eigenvalue weighted by Crippen LogP contribution is 2.28. The van der Waals surface area contributed by atoms with E-state index in [4.69, 9.17) is 16.3 Å². The number of benzene rings is 1. The van der Waals surface area contributed by atoms with Crippen molar-refractivity contribution in [3.63, 3.8) is 0 Å². The number of carbonyl (C=O) groups is 1. The average Bonchev–Trinajstić information content (AvgIpc) is 3.09. The number of amides is 2. The summed E-state index contributed by atoms with van der Waals surface area (Å²) >= 11 is 6.04. The molecule has 0 saturated heterocycles. The van der Waals surface area contributed by atoms with E-state index in [2.05, 4.69) is 25.3 Å². The number of hydrogen-bond acceptors (Lipinski definition) is 5. The molecule has 24 heavy (non-hydrogen) atoms. The predicted octanol–water partition coefficient (Wildman–Crippen LogP) is 3.84. The molecule has 0 saturated carbocycles. The first-order valence-corrected chi connectivity index (χ1v) is 7.41. The van der Waals surface area contributed by atoms with Crippen LogP contribution in [0.2, 0.25) is 5.02 Å². The molecule has 122 valence electrons. The summed E-state index contributed by atoms with van der Waals surface area (Å²) in [7, 11) is 0. The smallest absolute Gasteiger partial charge is 0.319 e. The lowest BCUT2D eigenvalue weighted by Gasteiger charge is -2.09. The minimum absolute atomic E-state index is 0.260. The van der Waals surface area contributed by atoms with Crippen LogP contribution >= 0.6 is 11.6 Å². The summed E-state index contributed by atoms with van der Waals surface area (Å²) < 4.78 is 10.3. The van der Waals surface area contributed by atoms with Gasteiger partial charge in [0.1, 0.15) is 17.7 Å². The van der Waals surface area contributed by atoms with Gasteiger partial charge in [0, 0.05) is 24.0 Å². The number of para-hydroxylation sites is 1. The second-order valence-corrected chi connectivity index (χ2v) is 5.12. The zero-order valence-corrected chi connectivity index (χ0v) is 13.2. The Labute approximate surface area is 142 Å². The second kappa shape index (κ2) is 7.47. The highest BCUT2D eigenvalue weighted by molar-refractivity contribution is 6.32. The fourth-order valence-electron chi connectivity index (χ4n) is 1.86. The molecule has 7 nitrogen and oxygen atoms in total. The molecular weight excluding hydrogens is 332 g/mol. The number of hydrogen-bond donors (Lipinski definition) is 2. The number of rotatable bonds is 5. The molecule has 0 aliphatic carbocycles. The maximum absolute atomic E-state index is 11.9. The number of ether oxygens (including phenoxy) is 1. The number of nitrogens with one attached hydrogen (secondary N) is 2. The van der Waals surface area contributed by atoms with E-state index in [1.807, 2.05) is 0 Å². The SMILES string of the molecule is O=C(NCc1ccon1)Nc1ccnc(Oc2ccccc2Cl)c1. The molecule has 0 fully saturated rings. The quantitative estimate of drug-likeness (QED) is 0.734. The number of halogens is 1. The van der Waals surface area contributed by atoms with Crippen LogP contribution in [0.1, 0.15) is 5.69 Å². The van der Waals surface area contributed by atoms with Gasteiger partial charge in [0.2, 0.25) is 5.88 Å². The summed E-state index contributed by atoms with van der Waals surface area (Å²) in [6.45, 7) is 0.260. The maximum Gasteiger partial charge on any atom is 0.319 e. The molecule has 1 aromatic carbocycles. The van der Waals surface area contributed by atoms with Gasteiger partial charge in [-0.3, -0.25) is 0 Å². The number of pyridine rings is 1. The highest BCUT2D eigenvalue weighted by atomic mass is 35.5. The van der Waals surface area contributed by atoms with E-state index in [0.717, 1.165) is 0 Å². The molecule has 0 atom stereocenters. The molecule has 3 rings (SSSR count). The lowest BCUT2D eigenvalue weighted by atomic mass is 10.3. The number of urea groups is 1. The summed E-state index contributed by atoms with van der Waals surface area (Å²) in [5, 5.41) is 9.52. The van der Waals surface area contributed by atoms with Crippen molar-refractivity contribution in [1.82, 2.24) is 15.5 Å². The molecule has 2 heterocycles. The van der Waals surface area contributed by atoms with Gasteiger partial charge in [-0.15, -0.1) is 0 Å². The molecule has 0 spiro atoms. The number of nitrogens with zero attached hydrogens (tertiary/aromatic N) is 2. The fourth-order valence-corrected chi connectivity index (χ4v) is 2.03. The summed E-state index contributed by atoms with van der Waals surface area (Å²) in [6, 6.07) is 11.6. The van der Waals surface area contributed by atoms with E-state index in [1.165, 1.54) is 12.5 Å². The van der Waals surface area contributed by atoms with Crippen molar-refractivity contribution in [2.75, 3.05) is 5.32 Å². The van der Waals surface area contributed by atoms with Crippen molar-refractivity contribution >= 4 is 23.3 Å². The van der Waals surface area contributed by atoms with Gasteiger partial charge in [-0.25, -0.2) is 9.78 Å². The number of aromatic nitrogens is 2. The Bertz CT molecular complexity index is 824. The zero-order valence-electron chi connectivity index (χ0n) is 12.4. The van der Waals surface area contributed by atoms with E-state index < -0.39 is 0 Å². The van der Waals surface area contributed by atoms with Crippen LogP contribution in [-0.4, -0.2) is 16.2 Å². The Kier molecular flexibility index (Phi) is 4.93. The molecule has 0 unspecified atom stereocenters. The summed E-state index contributed by atoms with van der Waals surface area (Å²) in [6.07, 6.45) is 2.97. The summed E-state index contributed by atoms with van der Waals surface area (Å²) in [4.78, 5) is 16.0. The van der Waals surface area contributed by atoms with E-state index >= 15 is 0 Å². The first kappa shape index (κ1) is 15.8. The predicted molar refractivity (Wildman–Crippen MR) is 88.1 cm³/mol. The Morgan fingerprint density at radius 2 is 2.12 bits per heavy atom. The molecule has 2 amide bonds. The molecule has 0 bridgehead atoms. The van der Waals surface area contributed by atoms with Crippen LogP contribution in [0.5, 0.6) is 11.6 Å². The minimum atomic E-state index is -0.382. The second-order valence-electron chi connectivity index (χ2n) is 4.71. The molecular formula is C16H13ClN4O3. The van der Waals surface area contributed by atoms with Crippen LogP contribution in [0, 0.1) is 0 Å². The molecule has 8 heteroatoms. The topological polar surface area (TPSA) is 89.3 Å². The molecule has 0 radical (unpaired) electrons. The molecule has 0 aliphatic rings. The maximum atomic E-state index is 11.9. The van der Waals surface area contributed by atoms with Crippen molar-refractivity contribution in [2.45, 2.75) is 6.54 Å². The third-order valence-corrected chi connectivity index (χ3v) is 3.28. The molecule has 2 N–H and O–H groups in total. The lowest BCUT2D eigenvalue weighted by molar-refractivity contribution is 0.251. The Morgan fingerprint density at radius 3 is 2.92 bits per heavy atom. The average molecular weight is 345 g/mol. The number of anilines is 1. The minimum Gasteiger partial charge on any atom is -0.437 e. The van der Waals surface area contributed by atoms with Crippen LogP contribution in [0.15, 0.2) is 59.4 Å². The van der Waals surface area contributed by atoms with Crippen LogP contribution in [0.25, 0.3) is 0 Å². The van der Waals surface area contributed by atoms with Crippen molar-refractivity contribution in [1.29, 1.82) is 0 Å². The van der Waals surface area contributed by atoms with Gasteiger partial charge in [-0.1, -0.05) is 28.9 Å². The van der Waals surface area contributed by atoms with Gasteiger partial charge in [0.15, 0.2) is 0 Å². The van der Waals surface area contributed by atoms with Crippen molar-refractivity contribution < 1.29 is 14.1 Å².